The van der Waals surface area contributed by atoms with Crippen LogP contribution in [0.25, 0.3) is 5.69 Å². The average Bonchev–Trinajstić information content (AvgIpc) is 2.96. The zero-order valence-electron chi connectivity index (χ0n) is 21.6. The Bertz CT molecular complexity index is 1600. The fourth-order valence-electron chi connectivity index (χ4n) is 4.58. The SMILES string of the molecule is N=CCc1ncc(N2CCCCC2)cc1Oc1ccc(NC(=O)c2cccn(-c3ccc(F)cc3)c2=O)cc1F. The van der Waals surface area contributed by atoms with Gasteiger partial charge in [-0.1, -0.05) is 0 Å². The number of anilines is 2. The van der Waals surface area contributed by atoms with Crippen molar-refractivity contribution in [2.24, 2.45) is 0 Å². The molecule has 10 heteroatoms. The van der Waals surface area contributed by atoms with Gasteiger partial charge in [0, 0.05) is 55.4 Å². The van der Waals surface area contributed by atoms with Crippen LogP contribution in [0.2, 0.25) is 0 Å². The molecule has 0 radical (unpaired) electrons. The molecule has 0 spiro atoms. The highest BCUT2D eigenvalue weighted by molar-refractivity contribution is 6.04. The third-order valence-electron chi connectivity index (χ3n) is 6.64. The Kier molecular flexibility index (Phi) is 7.95. The van der Waals surface area contributed by atoms with Crippen molar-refractivity contribution in [2.45, 2.75) is 25.7 Å². The van der Waals surface area contributed by atoms with Crippen LogP contribution in [0.3, 0.4) is 0 Å². The number of piperidine rings is 1. The summed E-state index contributed by atoms with van der Waals surface area (Å²) < 4.78 is 35.5. The third kappa shape index (κ3) is 5.90. The van der Waals surface area contributed by atoms with Crippen molar-refractivity contribution < 1.29 is 18.3 Å². The normalized spacial score (nSPS) is 13.1. The molecule has 5 rings (SSSR count). The van der Waals surface area contributed by atoms with Gasteiger partial charge in [-0.05, 0) is 67.8 Å². The number of aromatic nitrogens is 2. The summed E-state index contributed by atoms with van der Waals surface area (Å²) >= 11 is 0. The van der Waals surface area contributed by atoms with Gasteiger partial charge in [0.05, 0.1) is 17.6 Å². The molecule has 1 fully saturated rings. The van der Waals surface area contributed by atoms with E-state index in [9.17, 15) is 14.0 Å². The van der Waals surface area contributed by atoms with E-state index in [1.807, 2.05) is 6.07 Å². The smallest absolute Gasteiger partial charge is 0.267 e. The van der Waals surface area contributed by atoms with Crippen LogP contribution in [0.4, 0.5) is 20.2 Å². The average molecular weight is 544 g/mol. The van der Waals surface area contributed by atoms with E-state index in [4.69, 9.17) is 10.1 Å². The molecule has 0 unspecified atom stereocenters. The van der Waals surface area contributed by atoms with Crippen LogP contribution in [-0.2, 0) is 6.42 Å². The first kappa shape index (κ1) is 26.7. The van der Waals surface area contributed by atoms with Crippen LogP contribution in [0.1, 0.15) is 35.3 Å². The van der Waals surface area contributed by atoms with E-state index >= 15 is 4.39 Å². The lowest BCUT2D eigenvalue weighted by atomic mass is 10.1. The molecule has 1 amide bonds. The zero-order chi connectivity index (χ0) is 28.1. The number of benzene rings is 2. The van der Waals surface area contributed by atoms with Gasteiger partial charge in [0.2, 0.25) is 0 Å². The Balaban J connectivity index is 1.35. The lowest BCUT2D eigenvalue weighted by Crippen LogP contribution is -2.29. The second-order valence-corrected chi connectivity index (χ2v) is 9.37. The highest BCUT2D eigenvalue weighted by Gasteiger charge is 2.18. The molecular formula is C30H27F2N5O3. The summed E-state index contributed by atoms with van der Waals surface area (Å²) in [4.78, 5) is 32.5. The zero-order valence-corrected chi connectivity index (χ0v) is 21.6. The minimum atomic E-state index is -0.723. The minimum Gasteiger partial charge on any atom is -0.452 e. The number of pyridine rings is 2. The van der Waals surface area contributed by atoms with Crippen molar-refractivity contribution in [3.05, 3.63) is 106 Å². The standard InChI is InChI=1S/C30H27F2N5O3/c31-20-6-9-22(10-7-20)37-16-4-5-24(30(37)39)29(38)35-21-8-11-27(25(32)17-21)40-28-18-23(19-34-26(28)12-13-33)36-14-2-1-3-15-36/h4-11,13,16-19,33H,1-3,12,14-15H2,(H,35,38). The monoisotopic (exact) mass is 543 g/mol. The van der Waals surface area contributed by atoms with Crippen LogP contribution in [0.5, 0.6) is 11.5 Å². The molecule has 1 aliphatic rings. The van der Waals surface area contributed by atoms with Crippen LogP contribution >= 0.6 is 0 Å². The number of hydrogen-bond donors (Lipinski definition) is 2. The van der Waals surface area contributed by atoms with Crippen molar-refractivity contribution >= 4 is 23.5 Å². The predicted molar refractivity (Wildman–Crippen MR) is 149 cm³/mol. The number of nitrogens with one attached hydrogen (secondary N) is 2. The number of carbonyl (C=O) groups is 1. The topological polar surface area (TPSA) is 100 Å². The largest absolute Gasteiger partial charge is 0.452 e. The lowest BCUT2D eigenvalue weighted by molar-refractivity contribution is 0.102. The van der Waals surface area contributed by atoms with Gasteiger partial charge >= 0.3 is 0 Å². The maximum absolute atomic E-state index is 15.1. The van der Waals surface area contributed by atoms with Gasteiger partial charge in [-0.3, -0.25) is 19.1 Å². The first-order valence-corrected chi connectivity index (χ1v) is 12.9. The van der Waals surface area contributed by atoms with Crippen molar-refractivity contribution in [3.63, 3.8) is 0 Å². The maximum Gasteiger partial charge on any atom is 0.267 e. The quantitative estimate of drug-likeness (QED) is 0.276. The Morgan fingerprint density at radius 2 is 1.77 bits per heavy atom. The lowest BCUT2D eigenvalue weighted by Gasteiger charge is -2.29. The number of hydrogen-bond acceptors (Lipinski definition) is 6. The summed E-state index contributed by atoms with van der Waals surface area (Å²) in [6.07, 6.45) is 8.02. The molecule has 2 aromatic carbocycles. The molecule has 8 nitrogen and oxygen atoms in total. The first-order chi connectivity index (χ1) is 19.4. The van der Waals surface area contributed by atoms with Crippen LogP contribution in [0.15, 0.2) is 77.9 Å². The Labute approximate surface area is 229 Å². The van der Waals surface area contributed by atoms with Crippen LogP contribution in [0, 0.1) is 17.0 Å². The Morgan fingerprint density at radius 3 is 2.50 bits per heavy atom. The van der Waals surface area contributed by atoms with Gasteiger partial charge in [0.15, 0.2) is 17.3 Å². The highest BCUT2D eigenvalue weighted by atomic mass is 19.1. The molecule has 0 aliphatic carbocycles. The summed E-state index contributed by atoms with van der Waals surface area (Å²) in [5.74, 6) is -1.61. The number of carbonyl (C=O) groups excluding carboxylic acids is 1. The molecule has 4 aromatic rings. The van der Waals surface area contributed by atoms with E-state index in [1.54, 1.807) is 6.20 Å². The second-order valence-electron chi connectivity index (χ2n) is 9.37. The van der Waals surface area contributed by atoms with Gasteiger partial charge in [0.25, 0.3) is 11.5 Å². The van der Waals surface area contributed by atoms with E-state index in [0.29, 0.717) is 17.1 Å². The number of rotatable bonds is 8. The van der Waals surface area contributed by atoms with Crippen molar-refractivity contribution in [1.82, 2.24) is 9.55 Å². The summed E-state index contributed by atoms with van der Waals surface area (Å²) in [6, 6.07) is 13.9. The van der Waals surface area contributed by atoms with E-state index in [0.717, 1.165) is 37.7 Å². The number of nitrogens with zero attached hydrogens (tertiary/aromatic N) is 3. The summed E-state index contributed by atoms with van der Waals surface area (Å²) in [7, 11) is 0. The molecule has 0 atom stereocenters. The molecule has 1 aliphatic heterocycles. The van der Waals surface area contributed by atoms with Crippen LogP contribution < -0.4 is 20.5 Å². The summed E-state index contributed by atoms with van der Waals surface area (Å²) in [6.45, 7) is 1.81. The van der Waals surface area contributed by atoms with E-state index in [1.165, 1.54) is 71.9 Å². The molecule has 40 heavy (non-hydrogen) atoms. The summed E-state index contributed by atoms with van der Waals surface area (Å²) in [5, 5.41) is 10.0. The van der Waals surface area contributed by atoms with Crippen molar-refractivity contribution in [3.8, 4) is 17.2 Å². The summed E-state index contributed by atoms with van der Waals surface area (Å²) in [5.41, 5.74) is 1.15. The molecule has 0 saturated carbocycles. The highest BCUT2D eigenvalue weighted by Crippen LogP contribution is 2.32. The molecule has 204 valence electrons. The van der Waals surface area contributed by atoms with Crippen molar-refractivity contribution in [2.75, 3.05) is 23.3 Å². The molecule has 1 saturated heterocycles. The Morgan fingerprint density at radius 1 is 1.00 bits per heavy atom. The fourth-order valence-corrected chi connectivity index (χ4v) is 4.58. The van der Waals surface area contributed by atoms with Gasteiger partial charge in [-0.2, -0.15) is 0 Å². The van der Waals surface area contributed by atoms with E-state index in [2.05, 4.69) is 15.2 Å². The fraction of sp³-hybridized carbons (Fsp3) is 0.200. The van der Waals surface area contributed by atoms with Gasteiger partial charge in [-0.15, -0.1) is 0 Å². The second kappa shape index (κ2) is 11.9. The van der Waals surface area contributed by atoms with Crippen molar-refractivity contribution in [1.29, 1.82) is 5.41 Å². The molecule has 3 heterocycles. The van der Waals surface area contributed by atoms with Gasteiger partial charge < -0.3 is 20.4 Å². The van der Waals surface area contributed by atoms with E-state index in [-0.39, 0.29) is 23.4 Å². The minimum absolute atomic E-state index is 0.0693. The first-order valence-electron chi connectivity index (χ1n) is 12.9. The number of halogens is 2. The molecule has 2 N–H and O–H groups in total. The molecule has 0 bridgehead atoms. The van der Waals surface area contributed by atoms with Crippen LogP contribution in [-0.4, -0.2) is 34.8 Å². The van der Waals surface area contributed by atoms with E-state index < -0.39 is 23.1 Å². The number of amides is 1. The van der Waals surface area contributed by atoms with Gasteiger partial charge in [-0.25, -0.2) is 8.78 Å². The third-order valence-corrected chi connectivity index (χ3v) is 6.64. The van der Waals surface area contributed by atoms with Gasteiger partial charge in [0.1, 0.15) is 11.4 Å². The predicted octanol–water partition coefficient (Wildman–Crippen LogP) is 5.74. The number of ether oxygens (including phenoxy) is 1. The molecule has 2 aromatic heterocycles. The molecular weight excluding hydrogens is 516 g/mol. The Hall–Kier alpha value is -4.86. The maximum atomic E-state index is 15.1.